The van der Waals surface area contributed by atoms with Crippen molar-refractivity contribution in [1.29, 1.82) is 0 Å². The van der Waals surface area contributed by atoms with Crippen molar-refractivity contribution in [2.24, 2.45) is 0 Å². The number of carbonyl (C=O) groups excluding carboxylic acids is 3. The van der Waals surface area contributed by atoms with Crippen LogP contribution in [0.2, 0.25) is 0 Å². The molecule has 0 aromatic heterocycles. The zero-order chi connectivity index (χ0) is 20.9. The maximum atomic E-state index is 12.1. The van der Waals surface area contributed by atoms with Gasteiger partial charge >= 0.3 is 0 Å². The summed E-state index contributed by atoms with van der Waals surface area (Å²) >= 11 is 0. The van der Waals surface area contributed by atoms with E-state index in [9.17, 15) is 29.7 Å². The first kappa shape index (κ1) is 25.9. The molecular weight excluding hydrogens is 348 g/mol. The molecule has 0 saturated heterocycles. The van der Waals surface area contributed by atoms with Gasteiger partial charge in [-0.05, 0) is 20.3 Å². The molecule has 0 aromatic rings. The van der Waals surface area contributed by atoms with Gasteiger partial charge in [0.2, 0.25) is 0 Å². The third-order valence-electron chi connectivity index (χ3n) is 5.11. The average molecular weight is 387 g/mol. The lowest BCUT2D eigenvalue weighted by atomic mass is 9.81. The SMILES string of the molecule is CCCCCCCCCCCCCC(=O)C(O)C(O)(C(C)=O)C(O)C(C)=O. The Hall–Kier alpha value is -1.11. The van der Waals surface area contributed by atoms with Crippen LogP contribution in [-0.4, -0.2) is 50.5 Å². The van der Waals surface area contributed by atoms with Crippen LogP contribution in [0, 0.1) is 0 Å². The molecule has 0 saturated carbocycles. The number of unbranched alkanes of at least 4 members (excludes halogenated alkanes) is 10. The van der Waals surface area contributed by atoms with E-state index in [1.807, 2.05) is 0 Å². The van der Waals surface area contributed by atoms with Gasteiger partial charge in [-0.1, -0.05) is 71.1 Å². The van der Waals surface area contributed by atoms with E-state index < -0.39 is 35.2 Å². The number of Topliss-reactive ketones (excluding diaryl/α,β-unsaturated/α-hetero) is 3. The Bertz CT molecular complexity index is 462. The summed E-state index contributed by atoms with van der Waals surface area (Å²) in [5.41, 5.74) is -2.78. The fourth-order valence-corrected chi connectivity index (χ4v) is 3.19. The number of rotatable bonds is 17. The van der Waals surface area contributed by atoms with Crippen LogP contribution < -0.4 is 0 Å². The Morgan fingerprint density at radius 3 is 1.52 bits per heavy atom. The first-order valence-corrected chi connectivity index (χ1v) is 10.3. The Kier molecular flexibility index (Phi) is 13.4. The second kappa shape index (κ2) is 14.0. The van der Waals surface area contributed by atoms with E-state index in [1.54, 1.807) is 0 Å². The molecule has 0 aliphatic carbocycles. The number of ketones is 3. The summed E-state index contributed by atoms with van der Waals surface area (Å²) in [5.74, 6) is -2.62. The quantitative estimate of drug-likeness (QED) is 0.331. The summed E-state index contributed by atoms with van der Waals surface area (Å²) in [5, 5.41) is 30.1. The monoisotopic (exact) mass is 386 g/mol. The molecule has 0 aromatic carbocycles. The fraction of sp³-hybridized carbons (Fsp3) is 0.857. The smallest absolute Gasteiger partial charge is 0.188 e. The van der Waals surface area contributed by atoms with E-state index in [2.05, 4.69) is 6.92 Å². The molecule has 3 atom stereocenters. The van der Waals surface area contributed by atoms with Crippen LogP contribution in [0.15, 0.2) is 0 Å². The standard InChI is InChI=1S/C21H38O6/c1-4-5-6-7-8-9-10-11-12-13-14-15-18(24)20(26)21(27,17(3)23)19(25)16(2)22/h19-20,25-27H,4-15H2,1-3H3. The normalized spacial score (nSPS) is 15.8. The van der Waals surface area contributed by atoms with Crippen molar-refractivity contribution in [3.05, 3.63) is 0 Å². The zero-order valence-corrected chi connectivity index (χ0v) is 17.2. The summed E-state index contributed by atoms with van der Waals surface area (Å²) in [6, 6.07) is 0. The van der Waals surface area contributed by atoms with Crippen molar-refractivity contribution in [3.63, 3.8) is 0 Å². The van der Waals surface area contributed by atoms with Gasteiger partial charge < -0.3 is 15.3 Å². The van der Waals surface area contributed by atoms with E-state index in [-0.39, 0.29) is 6.42 Å². The molecule has 0 radical (unpaired) electrons. The number of hydrogen-bond acceptors (Lipinski definition) is 6. The van der Waals surface area contributed by atoms with Gasteiger partial charge in [0.1, 0.15) is 0 Å². The highest BCUT2D eigenvalue weighted by Gasteiger charge is 2.51. The molecule has 3 unspecified atom stereocenters. The van der Waals surface area contributed by atoms with Gasteiger partial charge in [-0.3, -0.25) is 14.4 Å². The van der Waals surface area contributed by atoms with Gasteiger partial charge in [-0.15, -0.1) is 0 Å². The number of aliphatic hydroxyl groups excluding tert-OH is 2. The summed E-state index contributed by atoms with van der Waals surface area (Å²) in [4.78, 5) is 35.0. The van der Waals surface area contributed by atoms with Crippen LogP contribution in [0.25, 0.3) is 0 Å². The first-order valence-electron chi connectivity index (χ1n) is 10.3. The molecule has 158 valence electrons. The molecule has 6 nitrogen and oxygen atoms in total. The van der Waals surface area contributed by atoms with Gasteiger partial charge in [0.15, 0.2) is 35.2 Å². The third-order valence-corrected chi connectivity index (χ3v) is 5.11. The van der Waals surface area contributed by atoms with Crippen molar-refractivity contribution < 1.29 is 29.7 Å². The summed E-state index contributed by atoms with van der Waals surface area (Å²) in [7, 11) is 0. The van der Waals surface area contributed by atoms with Crippen LogP contribution in [0.5, 0.6) is 0 Å². The molecule has 0 spiro atoms. The molecule has 0 bridgehead atoms. The maximum Gasteiger partial charge on any atom is 0.188 e. The second-order valence-corrected chi connectivity index (χ2v) is 7.55. The van der Waals surface area contributed by atoms with Crippen molar-refractivity contribution >= 4 is 17.3 Å². The Morgan fingerprint density at radius 1 is 0.741 bits per heavy atom. The molecule has 0 aliphatic heterocycles. The van der Waals surface area contributed by atoms with Crippen molar-refractivity contribution in [1.82, 2.24) is 0 Å². The lowest BCUT2D eigenvalue weighted by Gasteiger charge is -2.32. The molecule has 0 heterocycles. The van der Waals surface area contributed by atoms with Gasteiger partial charge in [0.05, 0.1) is 0 Å². The minimum Gasteiger partial charge on any atom is -0.382 e. The lowest BCUT2D eigenvalue weighted by Crippen LogP contribution is -2.62. The fourth-order valence-electron chi connectivity index (χ4n) is 3.19. The molecule has 0 fully saturated rings. The Balaban J connectivity index is 4.10. The van der Waals surface area contributed by atoms with E-state index in [0.29, 0.717) is 6.42 Å². The molecule has 3 N–H and O–H groups in total. The van der Waals surface area contributed by atoms with E-state index >= 15 is 0 Å². The van der Waals surface area contributed by atoms with Crippen LogP contribution >= 0.6 is 0 Å². The largest absolute Gasteiger partial charge is 0.382 e. The van der Waals surface area contributed by atoms with Crippen molar-refractivity contribution in [3.8, 4) is 0 Å². The lowest BCUT2D eigenvalue weighted by molar-refractivity contribution is -0.179. The zero-order valence-electron chi connectivity index (χ0n) is 17.2. The van der Waals surface area contributed by atoms with Gasteiger partial charge in [0.25, 0.3) is 0 Å². The van der Waals surface area contributed by atoms with E-state index in [0.717, 1.165) is 33.1 Å². The van der Waals surface area contributed by atoms with Crippen LogP contribution in [0.3, 0.4) is 0 Å². The van der Waals surface area contributed by atoms with Crippen molar-refractivity contribution in [2.75, 3.05) is 0 Å². The molecular formula is C21H38O6. The topological polar surface area (TPSA) is 112 Å². The molecule has 0 aliphatic rings. The molecule has 6 heteroatoms. The van der Waals surface area contributed by atoms with Gasteiger partial charge in [-0.2, -0.15) is 0 Å². The summed E-state index contributed by atoms with van der Waals surface area (Å²) < 4.78 is 0. The van der Waals surface area contributed by atoms with Crippen molar-refractivity contribution in [2.45, 2.75) is 116 Å². The van der Waals surface area contributed by atoms with Crippen LogP contribution in [0.1, 0.15) is 97.8 Å². The minimum absolute atomic E-state index is 0.00159. The Morgan fingerprint density at radius 2 is 1.15 bits per heavy atom. The molecule has 0 rings (SSSR count). The minimum atomic E-state index is -2.78. The molecule has 27 heavy (non-hydrogen) atoms. The number of hydrogen-bond donors (Lipinski definition) is 3. The Labute approximate surface area is 163 Å². The second-order valence-electron chi connectivity index (χ2n) is 7.55. The van der Waals surface area contributed by atoms with Crippen LogP contribution in [-0.2, 0) is 14.4 Å². The highest BCUT2D eigenvalue weighted by atomic mass is 16.4. The highest BCUT2D eigenvalue weighted by Crippen LogP contribution is 2.21. The van der Waals surface area contributed by atoms with Gasteiger partial charge in [0, 0.05) is 6.42 Å². The predicted molar refractivity (Wildman–Crippen MR) is 104 cm³/mol. The van der Waals surface area contributed by atoms with E-state index in [4.69, 9.17) is 0 Å². The predicted octanol–water partition coefficient (Wildman–Crippen LogP) is 2.89. The van der Waals surface area contributed by atoms with Crippen LogP contribution in [0.4, 0.5) is 0 Å². The average Bonchev–Trinajstić information content (AvgIpc) is 2.63. The summed E-state index contributed by atoms with van der Waals surface area (Å²) in [6.07, 6.45) is 8.08. The summed E-state index contributed by atoms with van der Waals surface area (Å²) in [6.45, 7) is 4.13. The number of carbonyl (C=O) groups is 3. The third kappa shape index (κ3) is 9.08. The molecule has 0 amide bonds. The maximum absolute atomic E-state index is 12.1. The van der Waals surface area contributed by atoms with E-state index in [1.165, 1.54) is 44.9 Å². The highest BCUT2D eigenvalue weighted by molar-refractivity contribution is 6.00. The number of aliphatic hydroxyl groups is 3. The first-order chi connectivity index (χ1) is 12.7. The van der Waals surface area contributed by atoms with Gasteiger partial charge in [-0.25, -0.2) is 0 Å².